The molecule has 0 saturated carbocycles. The zero-order chi connectivity index (χ0) is 12.8. The molecule has 2 aromatic rings. The third-order valence-corrected chi connectivity index (χ3v) is 3.16. The van der Waals surface area contributed by atoms with E-state index in [4.69, 9.17) is 0 Å². The maximum atomic E-state index is 4.41. The minimum absolute atomic E-state index is 0.755. The van der Waals surface area contributed by atoms with Gasteiger partial charge in [-0.15, -0.1) is 11.3 Å². The predicted octanol–water partition coefficient (Wildman–Crippen LogP) is 1.68. The van der Waals surface area contributed by atoms with Gasteiger partial charge in [-0.2, -0.15) is 0 Å². The Hall–Kier alpha value is -1.53. The van der Waals surface area contributed by atoms with Gasteiger partial charge in [-0.1, -0.05) is 6.92 Å². The van der Waals surface area contributed by atoms with Gasteiger partial charge in [-0.25, -0.2) is 9.97 Å². The number of rotatable bonds is 6. The van der Waals surface area contributed by atoms with Crippen molar-refractivity contribution in [3.05, 3.63) is 34.7 Å². The van der Waals surface area contributed by atoms with Crippen LogP contribution in [-0.2, 0) is 13.1 Å². The lowest BCUT2D eigenvalue weighted by Gasteiger charge is -2.16. The van der Waals surface area contributed by atoms with Crippen molar-refractivity contribution < 1.29 is 0 Å². The number of nitrogens with zero attached hydrogens (tertiary/aromatic N) is 4. The molecule has 5 nitrogen and oxygen atoms in total. The van der Waals surface area contributed by atoms with Crippen LogP contribution in [0.3, 0.4) is 0 Å². The second-order valence-corrected chi connectivity index (χ2v) is 4.70. The van der Waals surface area contributed by atoms with Gasteiger partial charge in [0.25, 0.3) is 0 Å². The van der Waals surface area contributed by atoms with Crippen LogP contribution in [0.1, 0.15) is 18.3 Å². The van der Waals surface area contributed by atoms with Crippen molar-refractivity contribution in [3.8, 4) is 0 Å². The zero-order valence-corrected chi connectivity index (χ0v) is 11.4. The van der Waals surface area contributed by atoms with Crippen LogP contribution in [0.25, 0.3) is 0 Å². The SMILES string of the molecule is CCNCc1cnc(N(C)Cc2cscn2)cn1. The third kappa shape index (κ3) is 3.48. The average Bonchev–Trinajstić information content (AvgIpc) is 2.89. The van der Waals surface area contributed by atoms with E-state index >= 15 is 0 Å². The molecule has 2 heterocycles. The van der Waals surface area contributed by atoms with E-state index in [-0.39, 0.29) is 0 Å². The summed E-state index contributed by atoms with van der Waals surface area (Å²) in [5.74, 6) is 0.864. The van der Waals surface area contributed by atoms with Gasteiger partial charge < -0.3 is 10.2 Å². The lowest BCUT2D eigenvalue weighted by atomic mass is 10.4. The van der Waals surface area contributed by atoms with Gasteiger partial charge in [0, 0.05) is 19.0 Å². The van der Waals surface area contributed by atoms with Crippen LogP contribution < -0.4 is 10.2 Å². The molecule has 0 aromatic carbocycles. The number of nitrogens with one attached hydrogen (secondary N) is 1. The molecule has 0 aliphatic rings. The van der Waals surface area contributed by atoms with Crippen molar-refractivity contribution in [1.82, 2.24) is 20.3 Å². The van der Waals surface area contributed by atoms with Crippen LogP contribution in [0.2, 0.25) is 0 Å². The lowest BCUT2D eigenvalue weighted by Crippen LogP contribution is -2.19. The van der Waals surface area contributed by atoms with Crippen LogP contribution in [0.4, 0.5) is 5.82 Å². The Balaban J connectivity index is 1.96. The molecule has 0 radical (unpaired) electrons. The molecule has 2 rings (SSSR count). The van der Waals surface area contributed by atoms with Gasteiger partial charge in [-0.05, 0) is 6.54 Å². The van der Waals surface area contributed by atoms with Gasteiger partial charge in [0.1, 0.15) is 5.82 Å². The van der Waals surface area contributed by atoms with Crippen molar-refractivity contribution in [3.63, 3.8) is 0 Å². The smallest absolute Gasteiger partial charge is 0.147 e. The van der Waals surface area contributed by atoms with Crippen LogP contribution >= 0.6 is 11.3 Å². The molecule has 0 bridgehead atoms. The largest absolute Gasteiger partial charge is 0.352 e. The first kappa shape index (κ1) is 12.9. The minimum atomic E-state index is 0.755. The van der Waals surface area contributed by atoms with Gasteiger partial charge in [-0.3, -0.25) is 4.98 Å². The molecule has 0 atom stereocenters. The molecule has 0 saturated heterocycles. The molecule has 1 N–H and O–H groups in total. The van der Waals surface area contributed by atoms with E-state index in [1.165, 1.54) is 0 Å². The summed E-state index contributed by atoms with van der Waals surface area (Å²) >= 11 is 1.61. The Morgan fingerprint density at radius 3 is 2.72 bits per heavy atom. The standard InChI is InChI=1S/C12H17N5S/c1-3-13-4-10-5-15-12(6-14-10)17(2)7-11-8-18-9-16-11/h5-6,8-9,13H,3-4,7H2,1-2H3. The van der Waals surface area contributed by atoms with Crippen molar-refractivity contribution >= 4 is 17.2 Å². The summed E-state index contributed by atoms with van der Waals surface area (Å²) in [6.07, 6.45) is 3.62. The maximum Gasteiger partial charge on any atom is 0.147 e. The van der Waals surface area contributed by atoms with Crippen LogP contribution in [0.15, 0.2) is 23.3 Å². The van der Waals surface area contributed by atoms with E-state index < -0.39 is 0 Å². The highest BCUT2D eigenvalue weighted by Crippen LogP contribution is 2.11. The second kappa shape index (κ2) is 6.42. The Kier molecular flexibility index (Phi) is 4.60. The van der Waals surface area contributed by atoms with Crippen molar-refractivity contribution in [2.45, 2.75) is 20.0 Å². The van der Waals surface area contributed by atoms with Crippen molar-refractivity contribution in [1.29, 1.82) is 0 Å². The van der Waals surface area contributed by atoms with E-state index in [9.17, 15) is 0 Å². The summed E-state index contributed by atoms with van der Waals surface area (Å²) in [7, 11) is 1.99. The van der Waals surface area contributed by atoms with E-state index in [1.54, 1.807) is 17.5 Å². The quantitative estimate of drug-likeness (QED) is 0.859. The fourth-order valence-corrected chi connectivity index (χ4v) is 2.08. The Morgan fingerprint density at radius 1 is 1.22 bits per heavy atom. The van der Waals surface area contributed by atoms with E-state index in [2.05, 4.69) is 27.2 Å². The molecule has 2 aromatic heterocycles. The first-order valence-electron chi connectivity index (χ1n) is 5.89. The molecule has 0 aliphatic heterocycles. The Morgan fingerprint density at radius 2 is 2.11 bits per heavy atom. The highest BCUT2D eigenvalue weighted by Gasteiger charge is 2.05. The molecule has 0 fully saturated rings. The van der Waals surface area contributed by atoms with Gasteiger partial charge in [0.05, 0.1) is 35.8 Å². The summed E-state index contributed by atoms with van der Waals surface area (Å²) < 4.78 is 0. The van der Waals surface area contributed by atoms with Crippen LogP contribution in [-0.4, -0.2) is 28.5 Å². The first-order chi connectivity index (χ1) is 8.79. The summed E-state index contributed by atoms with van der Waals surface area (Å²) in [4.78, 5) is 15.1. The van der Waals surface area contributed by atoms with Crippen LogP contribution in [0, 0.1) is 0 Å². The summed E-state index contributed by atoms with van der Waals surface area (Å²) in [6.45, 7) is 4.53. The molecular weight excluding hydrogens is 246 g/mol. The molecule has 6 heteroatoms. The molecule has 18 heavy (non-hydrogen) atoms. The molecule has 0 aliphatic carbocycles. The average molecular weight is 263 g/mol. The topological polar surface area (TPSA) is 53.9 Å². The van der Waals surface area contributed by atoms with E-state index in [0.29, 0.717) is 0 Å². The Bertz CT molecular complexity index is 454. The molecule has 0 unspecified atom stereocenters. The highest BCUT2D eigenvalue weighted by atomic mass is 32.1. The number of anilines is 1. The Labute approximate surface area is 111 Å². The molecule has 0 amide bonds. The maximum absolute atomic E-state index is 4.41. The second-order valence-electron chi connectivity index (χ2n) is 3.98. The zero-order valence-electron chi connectivity index (χ0n) is 10.6. The normalized spacial score (nSPS) is 10.6. The summed E-state index contributed by atoms with van der Waals surface area (Å²) in [6, 6.07) is 0. The fraction of sp³-hybridized carbons (Fsp3) is 0.417. The van der Waals surface area contributed by atoms with Gasteiger partial charge in [0.2, 0.25) is 0 Å². The number of aromatic nitrogens is 3. The number of hydrogen-bond acceptors (Lipinski definition) is 6. The molecule has 0 spiro atoms. The third-order valence-electron chi connectivity index (χ3n) is 2.52. The number of thiazole rings is 1. The molecule has 96 valence electrons. The van der Waals surface area contributed by atoms with Crippen molar-refractivity contribution in [2.75, 3.05) is 18.5 Å². The highest BCUT2D eigenvalue weighted by molar-refractivity contribution is 7.07. The predicted molar refractivity (Wildman–Crippen MR) is 73.6 cm³/mol. The summed E-state index contributed by atoms with van der Waals surface area (Å²) in [5.41, 5.74) is 3.86. The monoisotopic (exact) mass is 263 g/mol. The van der Waals surface area contributed by atoms with Crippen molar-refractivity contribution in [2.24, 2.45) is 0 Å². The number of hydrogen-bond donors (Lipinski definition) is 1. The van der Waals surface area contributed by atoms with Gasteiger partial charge >= 0.3 is 0 Å². The lowest BCUT2D eigenvalue weighted by molar-refractivity contribution is 0.705. The van der Waals surface area contributed by atoms with E-state index in [0.717, 1.165) is 36.8 Å². The first-order valence-corrected chi connectivity index (χ1v) is 6.83. The fourth-order valence-electron chi connectivity index (χ4n) is 1.53. The molecular formula is C12H17N5S. The minimum Gasteiger partial charge on any atom is -0.352 e. The van der Waals surface area contributed by atoms with Gasteiger partial charge in [0.15, 0.2) is 0 Å². The van der Waals surface area contributed by atoms with E-state index in [1.807, 2.05) is 29.0 Å². The summed E-state index contributed by atoms with van der Waals surface area (Å²) in [5, 5.41) is 5.27. The van der Waals surface area contributed by atoms with Crippen LogP contribution in [0.5, 0.6) is 0 Å².